The van der Waals surface area contributed by atoms with Gasteiger partial charge in [-0.3, -0.25) is 0 Å². The molecule has 26 heavy (non-hydrogen) atoms. The van der Waals surface area contributed by atoms with E-state index in [-0.39, 0.29) is 17.9 Å². The minimum absolute atomic E-state index is 0.0147. The summed E-state index contributed by atoms with van der Waals surface area (Å²) in [4.78, 5) is 12.2. The highest BCUT2D eigenvalue weighted by molar-refractivity contribution is 5.88. The van der Waals surface area contributed by atoms with E-state index in [0.717, 1.165) is 17.8 Å². The Morgan fingerprint density at radius 2 is 1.85 bits per heavy atom. The Bertz CT molecular complexity index is 921. The number of carbonyl (C=O) groups is 1. The van der Waals surface area contributed by atoms with E-state index in [0.29, 0.717) is 5.69 Å². The van der Waals surface area contributed by atoms with Crippen molar-refractivity contribution >= 4 is 5.97 Å². The summed E-state index contributed by atoms with van der Waals surface area (Å²) >= 11 is 0. The van der Waals surface area contributed by atoms with E-state index in [9.17, 15) is 18.0 Å². The zero-order valence-electron chi connectivity index (χ0n) is 13.7. The average Bonchev–Trinajstić information content (AvgIpc) is 3.01. The number of hydrogen-bond donors (Lipinski definition) is 0. The first kappa shape index (κ1) is 17.7. The lowest BCUT2D eigenvalue weighted by molar-refractivity contribution is -0.137. The van der Waals surface area contributed by atoms with Crippen LogP contribution >= 0.6 is 0 Å². The molecule has 134 valence electrons. The van der Waals surface area contributed by atoms with Gasteiger partial charge in [0.2, 0.25) is 0 Å². The van der Waals surface area contributed by atoms with Crippen molar-refractivity contribution in [2.45, 2.75) is 19.7 Å². The number of rotatable bonds is 4. The molecule has 0 radical (unpaired) electrons. The summed E-state index contributed by atoms with van der Waals surface area (Å²) in [6.45, 7) is 1.37. The van der Waals surface area contributed by atoms with E-state index in [1.165, 1.54) is 16.8 Å². The van der Waals surface area contributed by atoms with Crippen molar-refractivity contribution in [1.29, 1.82) is 0 Å². The maximum absolute atomic E-state index is 12.7. The number of aromatic nitrogens is 3. The Hall–Kier alpha value is -3.16. The zero-order valence-corrected chi connectivity index (χ0v) is 13.7. The van der Waals surface area contributed by atoms with Crippen LogP contribution in [0.2, 0.25) is 0 Å². The number of para-hydroxylation sites is 1. The third kappa shape index (κ3) is 3.74. The van der Waals surface area contributed by atoms with Gasteiger partial charge in [0.05, 0.1) is 16.9 Å². The second kappa shape index (κ2) is 6.99. The van der Waals surface area contributed by atoms with Crippen LogP contribution in [0.3, 0.4) is 0 Å². The fourth-order valence-corrected chi connectivity index (χ4v) is 2.39. The summed E-state index contributed by atoms with van der Waals surface area (Å²) in [5.74, 6) is -0.748. The normalized spacial score (nSPS) is 11.4. The van der Waals surface area contributed by atoms with Gasteiger partial charge in [-0.15, -0.1) is 5.10 Å². The number of hydrogen-bond acceptors (Lipinski definition) is 4. The predicted molar refractivity (Wildman–Crippen MR) is 86.7 cm³/mol. The predicted octanol–water partition coefficient (Wildman–Crippen LogP) is 3.95. The van der Waals surface area contributed by atoms with Gasteiger partial charge in [0.25, 0.3) is 0 Å². The van der Waals surface area contributed by atoms with Crippen molar-refractivity contribution in [1.82, 2.24) is 15.0 Å². The van der Waals surface area contributed by atoms with Gasteiger partial charge >= 0.3 is 12.1 Å². The van der Waals surface area contributed by atoms with Crippen molar-refractivity contribution in [2.75, 3.05) is 0 Å². The van der Waals surface area contributed by atoms with Crippen molar-refractivity contribution in [3.8, 4) is 5.69 Å². The lowest BCUT2D eigenvalue weighted by Crippen LogP contribution is -2.09. The Labute approximate surface area is 147 Å². The van der Waals surface area contributed by atoms with E-state index in [2.05, 4.69) is 10.3 Å². The van der Waals surface area contributed by atoms with Crippen molar-refractivity contribution in [2.24, 2.45) is 0 Å². The quantitative estimate of drug-likeness (QED) is 0.660. The Kier molecular flexibility index (Phi) is 4.75. The van der Waals surface area contributed by atoms with Crippen LogP contribution in [0.4, 0.5) is 13.2 Å². The highest BCUT2D eigenvalue weighted by Gasteiger charge is 2.30. The Morgan fingerprint density at radius 3 is 2.54 bits per heavy atom. The van der Waals surface area contributed by atoms with Crippen LogP contribution in [0.15, 0.2) is 54.6 Å². The van der Waals surface area contributed by atoms with E-state index < -0.39 is 17.7 Å². The molecule has 0 spiro atoms. The molecule has 0 saturated heterocycles. The number of carbonyl (C=O) groups excluding carboxylic acids is 1. The van der Waals surface area contributed by atoms with Crippen LogP contribution < -0.4 is 0 Å². The zero-order chi connectivity index (χ0) is 18.7. The third-order valence-corrected chi connectivity index (χ3v) is 3.71. The van der Waals surface area contributed by atoms with Crippen LogP contribution in [-0.4, -0.2) is 21.0 Å². The molecule has 8 heteroatoms. The summed E-state index contributed by atoms with van der Waals surface area (Å²) in [7, 11) is 0. The maximum atomic E-state index is 12.7. The molecule has 0 aliphatic rings. The molecule has 3 aromatic rings. The van der Waals surface area contributed by atoms with Crippen LogP contribution in [0.25, 0.3) is 5.69 Å². The first-order valence-electron chi connectivity index (χ1n) is 7.67. The fourth-order valence-electron chi connectivity index (χ4n) is 2.39. The number of alkyl halides is 3. The summed E-state index contributed by atoms with van der Waals surface area (Å²) < 4.78 is 44.7. The summed E-state index contributed by atoms with van der Waals surface area (Å²) in [5, 5.41) is 7.75. The monoisotopic (exact) mass is 361 g/mol. The molecule has 0 saturated carbocycles. The molecule has 0 atom stereocenters. The molecule has 0 aliphatic carbocycles. The van der Waals surface area contributed by atoms with Gasteiger partial charge in [-0.25, -0.2) is 9.48 Å². The van der Waals surface area contributed by atoms with Gasteiger partial charge in [-0.1, -0.05) is 35.5 Å². The minimum Gasteiger partial charge on any atom is -0.456 e. The highest BCUT2D eigenvalue weighted by atomic mass is 19.4. The average molecular weight is 361 g/mol. The second-order valence-electron chi connectivity index (χ2n) is 5.55. The second-order valence-corrected chi connectivity index (χ2v) is 5.55. The highest BCUT2D eigenvalue weighted by Crippen LogP contribution is 2.29. The van der Waals surface area contributed by atoms with Gasteiger partial charge in [0.1, 0.15) is 6.61 Å². The molecule has 0 fully saturated rings. The van der Waals surface area contributed by atoms with E-state index >= 15 is 0 Å². The number of benzene rings is 2. The van der Waals surface area contributed by atoms with Crippen molar-refractivity contribution < 1.29 is 22.7 Å². The topological polar surface area (TPSA) is 57.0 Å². The Balaban J connectivity index is 1.73. The van der Waals surface area contributed by atoms with E-state index in [1.54, 1.807) is 19.1 Å². The van der Waals surface area contributed by atoms with Crippen LogP contribution in [-0.2, 0) is 17.5 Å². The molecule has 1 heterocycles. The standard InChI is InChI=1S/C18H14F3N3O2/c1-12-16(22-23-24(12)15-8-3-2-4-9-15)17(25)26-11-13-6-5-7-14(10-13)18(19,20)21/h2-10H,11H2,1H3. The summed E-state index contributed by atoms with van der Waals surface area (Å²) in [6.07, 6.45) is -4.45. The van der Waals surface area contributed by atoms with Crippen LogP contribution in [0.5, 0.6) is 0 Å². The molecule has 0 N–H and O–H groups in total. The lowest BCUT2D eigenvalue weighted by Gasteiger charge is -2.09. The molecule has 0 unspecified atom stereocenters. The molecule has 0 bridgehead atoms. The fraction of sp³-hybridized carbons (Fsp3) is 0.167. The van der Waals surface area contributed by atoms with Crippen molar-refractivity contribution in [3.63, 3.8) is 0 Å². The number of ether oxygens (including phenoxy) is 1. The summed E-state index contributed by atoms with van der Waals surface area (Å²) in [6, 6.07) is 13.7. The molecule has 0 aliphatic heterocycles. The van der Waals surface area contributed by atoms with E-state index in [4.69, 9.17) is 4.74 Å². The minimum atomic E-state index is -4.45. The van der Waals surface area contributed by atoms with Gasteiger partial charge < -0.3 is 4.74 Å². The van der Waals surface area contributed by atoms with Gasteiger partial charge in [0, 0.05) is 0 Å². The third-order valence-electron chi connectivity index (χ3n) is 3.71. The molecular formula is C18H14F3N3O2. The van der Waals surface area contributed by atoms with E-state index in [1.807, 2.05) is 18.2 Å². The largest absolute Gasteiger partial charge is 0.456 e. The Morgan fingerprint density at radius 1 is 1.12 bits per heavy atom. The summed E-state index contributed by atoms with van der Waals surface area (Å²) in [5.41, 5.74) is 0.666. The number of esters is 1. The molecule has 2 aromatic carbocycles. The molecule has 3 rings (SSSR count). The lowest BCUT2D eigenvalue weighted by atomic mass is 10.1. The molecular weight excluding hydrogens is 347 g/mol. The van der Waals surface area contributed by atoms with Gasteiger partial charge in [-0.05, 0) is 36.8 Å². The first-order valence-corrected chi connectivity index (χ1v) is 7.67. The number of halogens is 3. The van der Waals surface area contributed by atoms with Crippen molar-refractivity contribution in [3.05, 3.63) is 77.1 Å². The maximum Gasteiger partial charge on any atom is 0.416 e. The SMILES string of the molecule is Cc1c(C(=O)OCc2cccc(C(F)(F)F)c2)nnn1-c1ccccc1. The molecule has 1 aromatic heterocycles. The number of nitrogens with zero attached hydrogens (tertiary/aromatic N) is 3. The molecule has 5 nitrogen and oxygen atoms in total. The first-order chi connectivity index (χ1) is 12.4. The van der Waals surface area contributed by atoms with Gasteiger partial charge in [0.15, 0.2) is 5.69 Å². The van der Waals surface area contributed by atoms with Crippen LogP contribution in [0.1, 0.15) is 27.3 Å². The van der Waals surface area contributed by atoms with Gasteiger partial charge in [-0.2, -0.15) is 13.2 Å². The molecule has 0 amide bonds. The van der Waals surface area contributed by atoms with Crippen LogP contribution in [0, 0.1) is 6.92 Å². The smallest absolute Gasteiger partial charge is 0.416 e.